The number of nitrogens with zero attached hydrogens (tertiary/aromatic N) is 2. The fraction of sp³-hybridized carbons (Fsp3) is 0.250. The molecule has 2 amide bonds. The summed E-state index contributed by atoms with van der Waals surface area (Å²) in [4.78, 5) is 39.2. The van der Waals surface area contributed by atoms with Crippen molar-refractivity contribution in [3.05, 3.63) is 52.6 Å². The summed E-state index contributed by atoms with van der Waals surface area (Å²) in [5, 5.41) is 16.1. The molecule has 0 aliphatic carbocycles. The number of amides is 2. The van der Waals surface area contributed by atoms with Crippen molar-refractivity contribution in [2.24, 2.45) is 0 Å². The molecule has 1 atom stereocenters. The highest BCUT2D eigenvalue weighted by atomic mass is 32.2. The van der Waals surface area contributed by atoms with Gasteiger partial charge in [-0.05, 0) is 30.7 Å². The highest BCUT2D eigenvalue weighted by Crippen LogP contribution is 2.35. The molecule has 0 bridgehead atoms. The van der Waals surface area contributed by atoms with Crippen LogP contribution in [0.15, 0.2) is 46.8 Å². The molecule has 30 heavy (non-hydrogen) atoms. The molecule has 0 spiro atoms. The topological polar surface area (TPSA) is 114 Å². The maximum atomic E-state index is 12.7. The first kappa shape index (κ1) is 21.7. The van der Waals surface area contributed by atoms with E-state index in [1.807, 2.05) is 19.1 Å². The van der Waals surface area contributed by atoms with Crippen molar-refractivity contribution in [3.8, 4) is 0 Å². The number of benzene rings is 2. The van der Waals surface area contributed by atoms with Crippen molar-refractivity contribution >= 4 is 62.2 Å². The van der Waals surface area contributed by atoms with Crippen molar-refractivity contribution in [2.75, 3.05) is 10.6 Å². The third-order valence-electron chi connectivity index (χ3n) is 4.20. The molecule has 156 valence electrons. The molecule has 0 saturated carbocycles. The van der Waals surface area contributed by atoms with Crippen molar-refractivity contribution in [3.63, 3.8) is 0 Å². The minimum Gasteiger partial charge on any atom is -0.326 e. The number of fused-ring (bicyclic) bond motifs is 1. The number of carbonyl (C=O) groups excluding carboxylic acids is 2. The number of nitro groups is 1. The Hall–Kier alpha value is -2.98. The van der Waals surface area contributed by atoms with Gasteiger partial charge in [0.25, 0.3) is 5.69 Å². The lowest BCUT2D eigenvalue weighted by Crippen LogP contribution is -2.24. The molecule has 0 unspecified atom stereocenters. The average Bonchev–Trinajstić information content (AvgIpc) is 3.13. The lowest BCUT2D eigenvalue weighted by atomic mass is 10.2. The molecule has 8 nitrogen and oxygen atoms in total. The molecule has 0 fully saturated rings. The van der Waals surface area contributed by atoms with E-state index in [0.29, 0.717) is 24.2 Å². The Morgan fingerprint density at radius 2 is 1.93 bits per heavy atom. The maximum Gasteiger partial charge on any atom is 0.271 e. The number of thioether (sulfide) groups is 1. The summed E-state index contributed by atoms with van der Waals surface area (Å²) in [5.74, 6) is -0.296. The summed E-state index contributed by atoms with van der Waals surface area (Å²) in [7, 11) is 0. The monoisotopic (exact) mass is 444 g/mol. The summed E-state index contributed by atoms with van der Waals surface area (Å²) in [6, 6.07) is 11.4. The number of nitro benzene ring substituents is 1. The van der Waals surface area contributed by atoms with E-state index in [2.05, 4.69) is 15.6 Å². The second-order valence-corrected chi connectivity index (χ2v) is 8.86. The van der Waals surface area contributed by atoms with Crippen LogP contribution in [-0.2, 0) is 9.59 Å². The van der Waals surface area contributed by atoms with Crippen LogP contribution in [0.5, 0.6) is 0 Å². The number of aromatic nitrogens is 1. The van der Waals surface area contributed by atoms with Crippen molar-refractivity contribution < 1.29 is 14.5 Å². The summed E-state index contributed by atoms with van der Waals surface area (Å²) < 4.78 is 1.66. The Kier molecular flexibility index (Phi) is 7.01. The van der Waals surface area contributed by atoms with Gasteiger partial charge in [-0.2, -0.15) is 0 Å². The molecule has 0 radical (unpaired) electrons. The van der Waals surface area contributed by atoms with Crippen molar-refractivity contribution in [1.29, 1.82) is 0 Å². The van der Waals surface area contributed by atoms with Crippen LogP contribution in [-0.4, -0.2) is 27.0 Å². The second-order valence-electron chi connectivity index (χ2n) is 6.38. The van der Waals surface area contributed by atoms with Crippen LogP contribution >= 0.6 is 23.1 Å². The van der Waals surface area contributed by atoms with Gasteiger partial charge in [0.1, 0.15) is 0 Å². The number of hydrogen-bond acceptors (Lipinski definition) is 7. The molecule has 10 heteroatoms. The van der Waals surface area contributed by atoms with Gasteiger partial charge in [-0.15, -0.1) is 11.3 Å². The van der Waals surface area contributed by atoms with Gasteiger partial charge in [-0.3, -0.25) is 19.7 Å². The van der Waals surface area contributed by atoms with Crippen LogP contribution in [0.1, 0.15) is 26.7 Å². The predicted molar refractivity (Wildman–Crippen MR) is 120 cm³/mol. The van der Waals surface area contributed by atoms with E-state index in [1.165, 1.54) is 41.3 Å². The molecule has 0 aliphatic heterocycles. The van der Waals surface area contributed by atoms with Crippen LogP contribution in [0.3, 0.4) is 0 Å². The lowest BCUT2D eigenvalue weighted by Gasteiger charge is -2.13. The standard InChI is InChI=1S/C20H20N4O4S2/c1-3-16(19(26)22-12-6-5-7-14(10-12)24(27)28)29-20-23-15-9-8-13(11-17(15)30-20)21-18(25)4-2/h5-11,16H,3-4H2,1-2H3,(H,21,25)(H,22,26)/t16-/m1/s1. The first-order valence-electron chi connectivity index (χ1n) is 9.32. The maximum absolute atomic E-state index is 12.7. The number of thiazole rings is 1. The molecule has 2 aromatic carbocycles. The van der Waals surface area contributed by atoms with E-state index in [-0.39, 0.29) is 17.5 Å². The fourth-order valence-corrected chi connectivity index (χ4v) is 4.92. The number of carbonyl (C=O) groups is 2. The quantitative estimate of drug-likeness (QED) is 0.285. The van der Waals surface area contributed by atoms with E-state index >= 15 is 0 Å². The Morgan fingerprint density at radius 1 is 1.17 bits per heavy atom. The smallest absolute Gasteiger partial charge is 0.271 e. The molecule has 1 aromatic heterocycles. The first-order chi connectivity index (χ1) is 14.4. The summed E-state index contributed by atoms with van der Waals surface area (Å²) >= 11 is 2.80. The highest BCUT2D eigenvalue weighted by Gasteiger charge is 2.21. The zero-order chi connectivity index (χ0) is 21.7. The number of non-ortho nitro benzene ring substituents is 1. The Bertz CT molecular complexity index is 1100. The molecule has 3 rings (SSSR count). The zero-order valence-electron chi connectivity index (χ0n) is 16.4. The van der Waals surface area contributed by atoms with E-state index in [9.17, 15) is 19.7 Å². The van der Waals surface area contributed by atoms with Crippen LogP contribution < -0.4 is 10.6 Å². The Balaban J connectivity index is 1.72. The highest BCUT2D eigenvalue weighted by molar-refractivity contribution is 8.02. The number of anilines is 2. The number of nitrogens with one attached hydrogen (secondary N) is 2. The molecule has 3 aromatic rings. The van der Waals surface area contributed by atoms with Gasteiger partial charge in [0.2, 0.25) is 11.8 Å². The minimum absolute atomic E-state index is 0.0580. The second kappa shape index (κ2) is 9.68. The van der Waals surface area contributed by atoms with Gasteiger partial charge < -0.3 is 10.6 Å². The molecule has 2 N–H and O–H groups in total. The van der Waals surface area contributed by atoms with Crippen LogP contribution in [0.2, 0.25) is 0 Å². The van der Waals surface area contributed by atoms with Gasteiger partial charge in [-0.1, -0.05) is 31.7 Å². The zero-order valence-corrected chi connectivity index (χ0v) is 18.0. The molecular formula is C20H20N4O4S2. The Labute approximate surface area is 181 Å². The molecule has 0 saturated heterocycles. The van der Waals surface area contributed by atoms with Crippen molar-refractivity contribution in [2.45, 2.75) is 36.3 Å². The molecule has 1 heterocycles. The van der Waals surface area contributed by atoms with Crippen LogP contribution in [0.25, 0.3) is 10.2 Å². The van der Waals surface area contributed by atoms with E-state index in [4.69, 9.17) is 0 Å². The fourth-order valence-electron chi connectivity index (χ4n) is 2.64. The average molecular weight is 445 g/mol. The third kappa shape index (κ3) is 5.33. The summed E-state index contributed by atoms with van der Waals surface area (Å²) in [6.07, 6.45) is 0.971. The summed E-state index contributed by atoms with van der Waals surface area (Å²) in [5.41, 5.74) is 1.82. The number of hydrogen-bond donors (Lipinski definition) is 2. The predicted octanol–water partition coefficient (Wildman–Crippen LogP) is 5.06. The van der Waals surface area contributed by atoms with E-state index < -0.39 is 10.2 Å². The number of rotatable bonds is 8. The van der Waals surface area contributed by atoms with Crippen molar-refractivity contribution in [1.82, 2.24) is 4.98 Å². The van der Waals surface area contributed by atoms with E-state index in [0.717, 1.165) is 14.6 Å². The van der Waals surface area contributed by atoms with Gasteiger partial charge >= 0.3 is 0 Å². The van der Waals surface area contributed by atoms with E-state index in [1.54, 1.807) is 19.1 Å². The first-order valence-corrected chi connectivity index (χ1v) is 11.0. The van der Waals surface area contributed by atoms with Gasteiger partial charge in [0.15, 0.2) is 4.34 Å². The third-order valence-corrected chi connectivity index (χ3v) is 6.68. The van der Waals surface area contributed by atoms with Gasteiger partial charge in [0.05, 0.1) is 20.4 Å². The van der Waals surface area contributed by atoms with Crippen LogP contribution in [0.4, 0.5) is 17.1 Å². The summed E-state index contributed by atoms with van der Waals surface area (Å²) in [6.45, 7) is 3.69. The minimum atomic E-state index is -0.500. The molecular weight excluding hydrogens is 424 g/mol. The Morgan fingerprint density at radius 3 is 2.63 bits per heavy atom. The van der Waals surface area contributed by atoms with Gasteiger partial charge in [-0.25, -0.2) is 4.98 Å². The largest absolute Gasteiger partial charge is 0.326 e. The normalized spacial score (nSPS) is 11.8. The molecule has 0 aliphatic rings. The van der Waals surface area contributed by atoms with Crippen LogP contribution in [0, 0.1) is 10.1 Å². The SMILES string of the molecule is CCC(=O)Nc1ccc2nc(S[C@H](CC)C(=O)Nc3cccc([N+](=O)[O-])c3)sc2c1. The lowest BCUT2D eigenvalue weighted by molar-refractivity contribution is -0.384. The van der Waals surface area contributed by atoms with Gasteiger partial charge in [0, 0.05) is 29.9 Å².